The molecule has 1 unspecified atom stereocenters. The van der Waals surface area contributed by atoms with Crippen molar-refractivity contribution in [3.63, 3.8) is 0 Å². The van der Waals surface area contributed by atoms with Crippen LogP contribution in [0, 0.1) is 5.82 Å². The molecule has 1 aliphatic heterocycles. The lowest BCUT2D eigenvalue weighted by atomic mass is 10.0. The van der Waals surface area contributed by atoms with Crippen molar-refractivity contribution in [1.29, 1.82) is 0 Å². The summed E-state index contributed by atoms with van der Waals surface area (Å²) < 4.78 is 13.1. The number of likely N-dealkylation sites (tertiary alicyclic amines) is 1. The normalized spacial score (nSPS) is 19.2. The Balaban J connectivity index is 2.26. The Bertz CT molecular complexity index is 547. The number of hydrogen-bond donors (Lipinski definition) is 0. The van der Waals surface area contributed by atoms with Crippen LogP contribution in [0.2, 0.25) is 5.02 Å². The molecule has 1 heterocycles. The van der Waals surface area contributed by atoms with Gasteiger partial charge in [-0.3, -0.25) is 9.59 Å². The topological polar surface area (TPSA) is 37.4 Å². The van der Waals surface area contributed by atoms with Crippen LogP contribution >= 0.6 is 11.6 Å². The van der Waals surface area contributed by atoms with Crippen LogP contribution in [0.4, 0.5) is 4.39 Å². The highest BCUT2D eigenvalue weighted by molar-refractivity contribution is 6.33. The van der Waals surface area contributed by atoms with Gasteiger partial charge in [0.05, 0.1) is 10.6 Å². The van der Waals surface area contributed by atoms with Gasteiger partial charge in [-0.15, -0.1) is 0 Å². The lowest BCUT2D eigenvalue weighted by molar-refractivity contribution is -0.118. The Morgan fingerprint density at radius 2 is 2.10 bits per heavy atom. The molecule has 1 fully saturated rings. The monoisotopic (exact) mass is 311 g/mol. The molecule has 1 amide bonds. The molecular weight excluding hydrogens is 293 g/mol. The third kappa shape index (κ3) is 4.03. The first-order valence-corrected chi connectivity index (χ1v) is 7.62. The van der Waals surface area contributed by atoms with Gasteiger partial charge in [-0.2, -0.15) is 0 Å². The van der Waals surface area contributed by atoms with Gasteiger partial charge in [0, 0.05) is 19.0 Å². The van der Waals surface area contributed by atoms with Crippen molar-refractivity contribution >= 4 is 23.3 Å². The van der Waals surface area contributed by atoms with Crippen LogP contribution in [0.15, 0.2) is 18.2 Å². The fourth-order valence-corrected chi connectivity index (χ4v) is 3.05. The first-order chi connectivity index (χ1) is 9.99. The molecule has 0 N–H and O–H groups in total. The number of amides is 1. The van der Waals surface area contributed by atoms with Gasteiger partial charge in [-0.1, -0.05) is 24.4 Å². The van der Waals surface area contributed by atoms with Crippen molar-refractivity contribution in [2.75, 3.05) is 6.54 Å². The van der Waals surface area contributed by atoms with E-state index in [9.17, 15) is 14.0 Å². The van der Waals surface area contributed by atoms with Gasteiger partial charge in [-0.05, 0) is 38.0 Å². The molecule has 3 nitrogen and oxygen atoms in total. The highest BCUT2D eigenvalue weighted by atomic mass is 35.5. The van der Waals surface area contributed by atoms with Crippen molar-refractivity contribution in [1.82, 2.24) is 4.90 Å². The van der Waals surface area contributed by atoms with Gasteiger partial charge in [-0.25, -0.2) is 4.39 Å². The number of benzene rings is 1. The van der Waals surface area contributed by atoms with E-state index in [1.165, 1.54) is 12.1 Å². The smallest absolute Gasteiger partial charge is 0.255 e. The van der Waals surface area contributed by atoms with E-state index >= 15 is 0 Å². The second-order valence-corrected chi connectivity index (χ2v) is 5.94. The van der Waals surface area contributed by atoms with E-state index < -0.39 is 5.82 Å². The van der Waals surface area contributed by atoms with Gasteiger partial charge >= 0.3 is 0 Å². The zero-order valence-corrected chi connectivity index (χ0v) is 12.8. The molecule has 21 heavy (non-hydrogen) atoms. The minimum Gasteiger partial charge on any atom is -0.335 e. The first kappa shape index (κ1) is 16.0. The van der Waals surface area contributed by atoms with E-state index in [-0.39, 0.29) is 22.8 Å². The third-order valence-electron chi connectivity index (χ3n) is 3.82. The van der Waals surface area contributed by atoms with Crippen LogP contribution in [0.1, 0.15) is 49.4 Å². The molecular formula is C16H19ClFNO2. The quantitative estimate of drug-likeness (QED) is 0.850. The molecule has 2 rings (SSSR count). The van der Waals surface area contributed by atoms with E-state index in [0.717, 1.165) is 31.7 Å². The first-order valence-electron chi connectivity index (χ1n) is 7.24. The zero-order chi connectivity index (χ0) is 15.4. The van der Waals surface area contributed by atoms with E-state index in [0.29, 0.717) is 18.5 Å². The average Bonchev–Trinajstić information content (AvgIpc) is 2.63. The van der Waals surface area contributed by atoms with Gasteiger partial charge in [0.15, 0.2) is 0 Å². The highest BCUT2D eigenvalue weighted by Crippen LogP contribution is 2.25. The van der Waals surface area contributed by atoms with E-state index in [1.807, 2.05) is 0 Å². The Kier molecular flexibility index (Phi) is 5.34. The lowest BCUT2D eigenvalue weighted by Crippen LogP contribution is -2.41. The summed E-state index contributed by atoms with van der Waals surface area (Å²) >= 11 is 5.98. The van der Waals surface area contributed by atoms with Crippen molar-refractivity contribution < 1.29 is 14.0 Å². The molecule has 1 aliphatic rings. The second kappa shape index (κ2) is 7.03. The standard InChI is InChI=1S/C16H19ClFNO2/c1-11(20)9-13-5-3-2-4-8-19(13)16(21)14-7-6-12(18)10-15(14)17/h6-7,10,13H,2-5,8-9H2,1H3. The summed E-state index contributed by atoms with van der Waals surface area (Å²) in [5.74, 6) is -0.606. The molecule has 114 valence electrons. The molecule has 0 aromatic heterocycles. The summed E-state index contributed by atoms with van der Waals surface area (Å²) in [7, 11) is 0. The summed E-state index contributed by atoms with van der Waals surface area (Å²) in [5.41, 5.74) is 0.300. The SMILES string of the molecule is CC(=O)CC1CCCCCN1C(=O)c1ccc(F)cc1Cl. The molecule has 0 spiro atoms. The Morgan fingerprint density at radius 3 is 2.76 bits per heavy atom. The molecule has 0 bridgehead atoms. The molecule has 0 radical (unpaired) electrons. The summed E-state index contributed by atoms with van der Waals surface area (Å²) in [4.78, 5) is 25.8. The summed E-state index contributed by atoms with van der Waals surface area (Å²) in [6.07, 6.45) is 4.17. The third-order valence-corrected chi connectivity index (χ3v) is 4.14. The van der Waals surface area contributed by atoms with Crippen molar-refractivity contribution in [3.05, 3.63) is 34.6 Å². The minimum absolute atomic E-state index is 0.0740. The van der Waals surface area contributed by atoms with Crippen LogP contribution < -0.4 is 0 Å². The maximum Gasteiger partial charge on any atom is 0.255 e. The molecule has 1 aromatic carbocycles. The molecule has 1 saturated heterocycles. The predicted molar refractivity (Wildman–Crippen MR) is 80.0 cm³/mol. The molecule has 5 heteroatoms. The van der Waals surface area contributed by atoms with Gasteiger partial charge in [0.1, 0.15) is 11.6 Å². The van der Waals surface area contributed by atoms with Crippen molar-refractivity contribution in [2.45, 2.75) is 45.1 Å². The fraction of sp³-hybridized carbons (Fsp3) is 0.500. The van der Waals surface area contributed by atoms with E-state index in [4.69, 9.17) is 11.6 Å². The molecule has 0 saturated carbocycles. The number of nitrogens with zero attached hydrogens (tertiary/aromatic N) is 1. The number of halogens is 2. The Morgan fingerprint density at radius 1 is 1.33 bits per heavy atom. The van der Waals surface area contributed by atoms with Gasteiger partial charge in [0.2, 0.25) is 0 Å². The number of hydrogen-bond acceptors (Lipinski definition) is 2. The number of rotatable bonds is 3. The number of carbonyl (C=O) groups is 2. The minimum atomic E-state index is -0.465. The van der Waals surface area contributed by atoms with E-state index in [2.05, 4.69) is 0 Å². The lowest BCUT2D eigenvalue weighted by Gasteiger charge is -2.30. The summed E-state index contributed by atoms with van der Waals surface area (Å²) in [6.45, 7) is 2.16. The fourth-order valence-electron chi connectivity index (χ4n) is 2.81. The van der Waals surface area contributed by atoms with Crippen LogP contribution in [-0.2, 0) is 4.79 Å². The largest absolute Gasteiger partial charge is 0.335 e. The number of Topliss-reactive ketones (excluding diaryl/α,β-unsaturated/α-hetero) is 1. The summed E-state index contributed by atoms with van der Waals surface area (Å²) in [5, 5.41) is 0.117. The highest BCUT2D eigenvalue weighted by Gasteiger charge is 2.28. The van der Waals surface area contributed by atoms with Crippen molar-refractivity contribution in [2.24, 2.45) is 0 Å². The van der Waals surface area contributed by atoms with Crippen LogP contribution in [0.3, 0.4) is 0 Å². The maximum atomic E-state index is 13.1. The second-order valence-electron chi connectivity index (χ2n) is 5.53. The summed E-state index contributed by atoms with van der Waals surface area (Å²) in [6, 6.07) is 3.71. The maximum absolute atomic E-state index is 13.1. The van der Waals surface area contributed by atoms with Crippen LogP contribution in [-0.4, -0.2) is 29.2 Å². The zero-order valence-electron chi connectivity index (χ0n) is 12.1. The number of carbonyl (C=O) groups excluding carboxylic acids is 2. The average molecular weight is 312 g/mol. The van der Waals surface area contributed by atoms with Crippen LogP contribution in [0.5, 0.6) is 0 Å². The van der Waals surface area contributed by atoms with Gasteiger partial charge in [0.25, 0.3) is 5.91 Å². The molecule has 0 aliphatic carbocycles. The van der Waals surface area contributed by atoms with Crippen molar-refractivity contribution in [3.8, 4) is 0 Å². The van der Waals surface area contributed by atoms with Gasteiger partial charge < -0.3 is 4.90 Å². The van der Waals surface area contributed by atoms with Crippen LogP contribution in [0.25, 0.3) is 0 Å². The predicted octanol–water partition coefficient (Wildman–Crippen LogP) is 3.84. The molecule has 1 atom stereocenters. The Labute approximate surface area is 129 Å². The molecule has 1 aromatic rings. The number of ketones is 1. The Hall–Kier alpha value is -1.42. The van der Waals surface area contributed by atoms with E-state index in [1.54, 1.807) is 11.8 Å².